The molecule has 0 saturated carbocycles. The minimum Gasteiger partial charge on any atom is -0.241 e. The summed E-state index contributed by atoms with van der Waals surface area (Å²) in [5, 5.41) is 4.45. The lowest BCUT2D eigenvalue weighted by Crippen LogP contribution is -1.95. The Morgan fingerprint density at radius 3 is 2.57 bits per heavy atom. The maximum atomic E-state index is 4.45. The molecule has 1 atom stereocenters. The topological polar surface area (TPSA) is 17.8 Å². The zero-order valence-electron chi connectivity index (χ0n) is 11.5. The summed E-state index contributed by atoms with van der Waals surface area (Å²) < 4.78 is 3.00. The van der Waals surface area contributed by atoms with Crippen molar-refractivity contribution in [1.29, 1.82) is 0 Å². The van der Waals surface area contributed by atoms with Crippen LogP contribution in [0.3, 0.4) is 0 Å². The number of halogens is 2. The summed E-state index contributed by atoms with van der Waals surface area (Å²) in [7, 11) is 0. The molecule has 1 aromatic heterocycles. The van der Waals surface area contributed by atoms with E-state index < -0.39 is 0 Å². The average molecular weight is 406 g/mol. The third-order valence-corrected chi connectivity index (χ3v) is 5.05. The summed E-state index contributed by atoms with van der Waals surface area (Å²) in [6.07, 6.45) is 3.96. The fourth-order valence-electron chi connectivity index (χ4n) is 2.21. The first-order valence-electron chi connectivity index (χ1n) is 6.65. The standard InChI is InChI=1S/C17H14Br2N2/c1-12-7-8-15(16(18)9-12)17(19)13-10-20-21(11-13)14-5-3-2-4-6-14/h2-11,17H,1H3. The molecule has 0 spiro atoms. The Kier molecular flexibility index (Phi) is 4.27. The average Bonchev–Trinajstić information content (AvgIpc) is 2.97. The van der Waals surface area contributed by atoms with E-state index in [9.17, 15) is 0 Å². The van der Waals surface area contributed by atoms with Gasteiger partial charge in [-0.25, -0.2) is 4.68 Å². The molecular formula is C17H14Br2N2. The van der Waals surface area contributed by atoms with E-state index in [-0.39, 0.29) is 4.83 Å². The number of aromatic nitrogens is 2. The minimum atomic E-state index is 0.116. The molecule has 3 rings (SSSR count). The molecule has 0 bridgehead atoms. The Morgan fingerprint density at radius 2 is 1.86 bits per heavy atom. The molecule has 0 fully saturated rings. The zero-order valence-corrected chi connectivity index (χ0v) is 14.7. The number of hydrogen-bond donors (Lipinski definition) is 0. The van der Waals surface area contributed by atoms with Crippen LogP contribution in [0.2, 0.25) is 0 Å². The smallest absolute Gasteiger partial charge is 0.0686 e. The van der Waals surface area contributed by atoms with Crippen LogP contribution in [-0.4, -0.2) is 9.78 Å². The van der Waals surface area contributed by atoms with Crippen molar-refractivity contribution in [2.24, 2.45) is 0 Å². The Morgan fingerprint density at radius 1 is 1.10 bits per heavy atom. The number of aryl methyl sites for hydroxylation is 1. The van der Waals surface area contributed by atoms with Crippen LogP contribution < -0.4 is 0 Å². The van der Waals surface area contributed by atoms with E-state index in [0.29, 0.717) is 0 Å². The van der Waals surface area contributed by atoms with Gasteiger partial charge >= 0.3 is 0 Å². The van der Waals surface area contributed by atoms with E-state index in [2.05, 4.69) is 68.3 Å². The lowest BCUT2D eigenvalue weighted by atomic mass is 10.1. The quantitative estimate of drug-likeness (QED) is 0.531. The predicted molar refractivity (Wildman–Crippen MR) is 93.2 cm³/mol. The highest BCUT2D eigenvalue weighted by atomic mass is 79.9. The minimum absolute atomic E-state index is 0.116. The molecule has 0 aliphatic heterocycles. The first kappa shape index (κ1) is 14.5. The second-order valence-corrected chi connectivity index (χ2v) is 6.71. The number of hydrogen-bond acceptors (Lipinski definition) is 1. The van der Waals surface area contributed by atoms with E-state index in [1.807, 2.05) is 41.2 Å². The summed E-state index contributed by atoms with van der Waals surface area (Å²) in [5.74, 6) is 0. The van der Waals surface area contributed by atoms with Crippen molar-refractivity contribution in [3.05, 3.63) is 82.1 Å². The molecule has 0 amide bonds. The van der Waals surface area contributed by atoms with Crippen LogP contribution in [0.1, 0.15) is 21.5 Å². The normalized spacial score (nSPS) is 12.3. The molecule has 21 heavy (non-hydrogen) atoms. The molecule has 2 nitrogen and oxygen atoms in total. The summed E-state index contributed by atoms with van der Waals surface area (Å²) in [5.41, 5.74) is 4.63. The van der Waals surface area contributed by atoms with Crippen LogP contribution in [0.4, 0.5) is 0 Å². The summed E-state index contributed by atoms with van der Waals surface area (Å²) in [6, 6.07) is 16.5. The molecule has 0 aliphatic rings. The second kappa shape index (κ2) is 6.16. The van der Waals surface area contributed by atoms with Crippen molar-refractivity contribution < 1.29 is 0 Å². The van der Waals surface area contributed by atoms with Crippen LogP contribution in [0.5, 0.6) is 0 Å². The molecule has 3 aromatic rings. The van der Waals surface area contributed by atoms with Gasteiger partial charge in [-0.3, -0.25) is 0 Å². The van der Waals surface area contributed by atoms with Gasteiger partial charge in [0.15, 0.2) is 0 Å². The molecular weight excluding hydrogens is 392 g/mol. The van der Waals surface area contributed by atoms with Crippen LogP contribution in [-0.2, 0) is 0 Å². The van der Waals surface area contributed by atoms with Gasteiger partial charge in [-0.05, 0) is 36.2 Å². The molecule has 1 unspecified atom stereocenters. The molecule has 0 saturated heterocycles. The van der Waals surface area contributed by atoms with E-state index in [1.54, 1.807) is 0 Å². The number of alkyl halides is 1. The highest BCUT2D eigenvalue weighted by Crippen LogP contribution is 2.35. The molecule has 0 N–H and O–H groups in total. The van der Waals surface area contributed by atoms with Crippen molar-refractivity contribution in [3.63, 3.8) is 0 Å². The van der Waals surface area contributed by atoms with Gasteiger partial charge in [0.1, 0.15) is 0 Å². The Hall–Kier alpha value is -1.39. The summed E-state index contributed by atoms with van der Waals surface area (Å²) >= 11 is 7.41. The van der Waals surface area contributed by atoms with Gasteiger partial charge in [0.25, 0.3) is 0 Å². The second-order valence-electron chi connectivity index (χ2n) is 4.94. The SMILES string of the molecule is Cc1ccc(C(Br)c2cnn(-c3ccccc3)c2)c(Br)c1. The monoisotopic (exact) mass is 404 g/mol. The van der Waals surface area contributed by atoms with Crippen molar-refractivity contribution in [2.45, 2.75) is 11.8 Å². The zero-order chi connectivity index (χ0) is 14.8. The van der Waals surface area contributed by atoms with Crippen LogP contribution >= 0.6 is 31.9 Å². The first-order chi connectivity index (χ1) is 10.1. The number of benzene rings is 2. The van der Waals surface area contributed by atoms with Gasteiger partial charge in [0.05, 0.1) is 16.7 Å². The Balaban J connectivity index is 1.92. The van der Waals surface area contributed by atoms with Crippen LogP contribution in [0.15, 0.2) is 65.4 Å². The van der Waals surface area contributed by atoms with Crippen molar-refractivity contribution >= 4 is 31.9 Å². The fourth-order valence-corrected chi connectivity index (χ4v) is 3.87. The van der Waals surface area contributed by atoms with E-state index >= 15 is 0 Å². The van der Waals surface area contributed by atoms with E-state index in [1.165, 1.54) is 11.1 Å². The molecule has 0 aliphatic carbocycles. The van der Waals surface area contributed by atoms with E-state index in [4.69, 9.17) is 0 Å². The lowest BCUT2D eigenvalue weighted by molar-refractivity contribution is 0.880. The number of rotatable bonds is 3. The van der Waals surface area contributed by atoms with E-state index in [0.717, 1.165) is 15.7 Å². The first-order valence-corrected chi connectivity index (χ1v) is 8.36. The van der Waals surface area contributed by atoms with Gasteiger partial charge in [-0.15, -0.1) is 0 Å². The van der Waals surface area contributed by atoms with Crippen molar-refractivity contribution in [3.8, 4) is 5.69 Å². The van der Waals surface area contributed by atoms with Gasteiger partial charge in [0, 0.05) is 16.2 Å². The van der Waals surface area contributed by atoms with Gasteiger partial charge < -0.3 is 0 Å². The highest BCUT2D eigenvalue weighted by molar-refractivity contribution is 9.11. The highest BCUT2D eigenvalue weighted by Gasteiger charge is 2.15. The summed E-state index contributed by atoms with van der Waals surface area (Å²) in [6.45, 7) is 2.09. The van der Waals surface area contributed by atoms with Gasteiger partial charge in [-0.1, -0.05) is 62.2 Å². The number of nitrogens with zero attached hydrogens (tertiary/aromatic N) is 2. The molecule has 106 valence electrons. The fraction of sp³-hybridized carbons (Fsp3) is 0.118. The molecule has 4 heteroatoms. The number of para-hydroxylation sites is 1. The molecule has 1 heterocycles. The lowest BCUT2D eigenvalue weighted by Gasteiger charge is -2.11. The van der Waals surface area contributed by atoms with Crippen LogP contribution in [0.25, 0.3) is 5.69 Å². The molecule has 2 aromatic carbocycles. The Labute approximate surface area is 141 Å². The maximum absolute atomic E-state index is 4.45. The largest absolute Gasteiger partial charge is 0.241 e. The maximum Gasteiger partial charge on any atom is 0.0686 e. The van der Waals surface area contributed by atoms with Gasteiger partial charge in [0.2, 0.25) is 0 Å². The third-order valence-electron chi connectivity index (χ3n) is 3.34. The van der Waals surface area contributed by atoms with Crippen LogP contribution in [0, 0.1) is 6.92 Å². The molecule has 0 radical (unpaired) electrons. The predicted octanol–water partition coefficient (Wildman–Crippen LogP) is 5.43. The van der Waals surface area contributed by atoms with Crippen molar-refractivity contribution in [2.75, 3.05) is 0 Å². The Bertz CT molecular complexity index is 750. The third kappa shape index (κ3) is 3.11. The van der Waals surface area contributed by atoms with Gasteiger partial charge in [-0.2, -0.15) is 5.10 Å². The van der Waals surface area contributed by atoms with Crippen molar-refractivity contribution in [1.82, 2.24) is 9.78 Å². The summed E-state index contributed by atoms with van der Waals surface area (Å²) in [4.78, 5) is 0.116.